The minimum atomic E-state index is -0.367. The Balaban J connectivity index is 2.62. The first-order valence-electron chi connectivity index (χ1n) is 4.83. The van der Waals surface area contributed by atoms with E-state index in [0.717, 1.165) is 18.4 Å². The number of hydrogen-bond donors (Lipinski definition) is 1. The predicted molar refractivity (Wildman–Crippen MR) is 53.3 cm³/mol. The zero-order valence-electron chi connectivity index (χ0n) is 8.27. The monoisotopic (exact) mass is 179 g/mol. The SMILES string of the molecule is CCCC(C)C(O)c1cccnc1. The molecule has 0 aromatic carbocycles. The van der Waals surface area contributed by atoms with Crippen molar-refractivity contribution in [2.75, 3.05) is 0 Å². The van der Waals surface area contributed by atoms with E-state index in [1.807, 2.05) is 12.1 Å². The Morgan fingerprint density at radius 2 is 2.31 bits per heavy atom. The fraction of sp³-hybridized carbons (Fsp3) is 0.545. The minimum absolute atomic E-state index is 0.314. The molecule has 0 amide bonds. The molecule has 0 aliphatic heterocycles. The maximum atomic E-state index is 9.88. The Kier molecular flexibility index (Phi) is 3.90. The highest BCUT2D eigenvalue weighted by Crippen LogP contribution is 2.24. The normalized spacial score (nSPS) is 15.3. The second kappa shape index (κ2) is 4.97. The van der Waals surface area contributed by atoms with Crippen molar-refractivity contribution < 1.29 is 5.11 Å². The summed E-state index contributed by atoms with van der Waals surface area (Å²) in [5, 5.41) is 9.88. The Morgan fingerprint density at radius 1 is 1.54 bits per heavy atom. The Bertz CT molecular complexity index is 235. The number of nitrogens with zero attached hydrogens (tertiary/aromatic N) is 1. The molecule has 1 aromatic rings. The minimum Gasteiger partial charge on any atom is -0.388 e. The summed E-state index contributed by atoms with van der Waals surface area (Å²) in [7, 11) is 0. The summed E-state index contributed by atoms with van der Waals surface area (Å²) in [5.74, 6) is 0.314. The third-order valence-electron chi connectivity index (χ3n) is 2.31. The van der Waals surface area contributed by atoms with E-state index in [0.29, 0.717) is 5.92 Å². The molecule has 0 aliphatic carbocycles. The number of aliphatic hydroxyl groups is 1. The van der Waals surface area contributed by atoms with Crippen LogP contribution in [0.15, 0.2) is 24.5 Å². The van der Waals surface area contributed by atoms with Crippen molar-refractivity contribution in [2.24, 2.45) is 5.92 Å². The van der Waals surface area contributed by atoms with Gasteiger partial charge in [0.1, 0.15) is 0 Å². The summed E-state index contributed by atoms with van der Waals surface area (Å²) < 4.78 is 0. The molecule has 1 rings (SSSR count). The summed E-state index contributed by atoms with van der Waals surface area (Å²) in [6.07, 6.45) is 5.25. The lowest BCUT2D eigenvalue weighted by Crippen LogP contribution is -2.08. The number of aromatic nitrogens is 1. The van der Waals surface area contributed by atoms with E-state index in [1.165, 1.54) is 0 Å². The van der Waals surface area contributed by atoms with Gasteiger partial charge < -0.3 is 5.11 Å². The first-order chi connectivity index (χ1) is 6.25. The van der Waals surface area contributed by atoms with E-state index in [9.17, 15) is 5.11 Å². The molecule has 0 fully saturated rings. The molecule has 13 heavy (non-hydrogen) atoms. The van der Waals surface area contributed by atoms with E-state index in [1.54, 1.807) is 12.4 Å². The first kappa shape index (κ1) is 10.2. The average molecular weight is 179 g/mol. The van der Waals surface area contributed by atoms with Gasteiger partial charge in [-0.1, -0.05) is 26.3 Å². The molecule has 2 nitrogen and oxygen atoms in total. The van der Waals surface area contributed by atoms with E-state index in [-0.39, 0.29) is 6.10 Å². The molecule has 1 N–H and O–H groups in total. The standard InChI is InChI=1S/C11H17NO/c1-3-5-9(2)11(13)10-6-4-7-12-8-10/h4,6-9,11,13H,3,5H2,1-2H3. The van der Waals surface area contributed by atoms with Crippen LogP contribution in [0, 0.1) is 5.92 Å². The average Bonchev–Trinajstić information content (AvgIpc) is 2.18. The van der Waals surface area contributed by atoms with Gasteiger partial charge in [0.2, 0.25) is 0 Å². The van der Waals surface area contributed by atoms with Crippen molar-refractivity contribution in [1.29, 1.82) is 0 Å². The van der Waals surface area contributed by atoms with Gasteiger partial charge in [-0.15, -0.1) is 0 Å². The lowest BCUT2D eigenvalue weighted by atomic mass is 9.95. The summed E-state index contributed by atoms with van der Waals surface area (Å²) in [6, 6.07) is 3.78. The summed E-state index contributed by atoms with van der Waals surface area (Å²) in [5.41, 5.74) is 0.920. The van der Waals surface area contributed by atoms with Gasteiger partial charge in [-0.2, -0.15) is 0 Å². The quantitative estimate of drug-likeness (QED) is 0.770. The third kappa shape index (κ3) is 2.81. The van der Waals surface area contributed by atoms with E-state index >= 15 is 0 Å². The molecule has 0 spiro atoms. The van der Waals surface area contributed by atoms with Crippen LogP contribution in [0.3, 0.4) is 0 Å². The topological polar surface area (TPSA) is 33.1 Å². The zero-order valence-corrected chi connectivity index (χ0v) is 8.27. The van der Waals surface area contributed by atoms with Gasteiger partial charge in [-0.3, -0.25) is 4.98 Å². The molecule has 2 unspecified atom stereocenters. The molecule has 2 heteroatoms. The number of rotatable bonds is 4. The second-order valence-electron chi connectivity index (χ2n) is 3.50. The number of hydrogen-bond acceptors (Lipinski definition) is 2. The van der Waals surface area contributed by atoms with Crippen molar-refractivity contribution in [3.05, 3.63) is 30.1 Å². The van der Waals surface area contributed by atoms with Crippen LogP contribution in [0.5, 0.6) is 0 Å². The van der Waals surface area contributed by atoms with Crippen LogP contribution in [0.2, 0.25) is 0 Å². The fourth-order valence-electron chi connectivity index (χ4n) is 1.49. The molecular weight excluding hydrogens is 162 g/mol. The molecule has 0 saturated heterocycles. The van der Waals surface area contributed by atoms with Crippen LogP contribution in [0.25, 0.3) is 0 Å². The fourth-order valence-corrected chi connectivity index (χ4v) is 1.49. The lowest BCUT2D eigenvalue weighted by molar-refractivity contribution is 0.112. The Hall–Kier alpha value is -0.890. The van der Waals surface area contributed by atoms with Gasteiger partial charge in [0.15, 0.2) is 0 Å². The van der Waals surface area contributed by atoms with Gasteiger partial charge in [0.05, 0.1) is 6.10 Å². The molecule has 1 heterocycles. The van der Waals surface area contributed by atoms with E-state index < -0.39 is 0 Å². The second-order valence-corrected chi connectivity index (χ2v) is 3.50. The van der Waals surface area contributed by atoms with Crippen LogP contribution < -0.4 is 0 Å². The largest absolute Gasteiger partial charge is 0.388 e. The molecule has 0 saturated carbocycles. The zero-order chi connectivity index (χ0) is 9.68. The van der Waals surface area contributed by atoms with E-state index in [4.69, 9.17) is 0 Å². The van der Waals surface area contributed by atoms with Gasteiger partial charge >= 0.3 is 0 Å². The molecular formula is C11H17NO. The number of pyridine rings is 1. The van der Waals surface area contributed by atoms with E-state index in [2.05, 4.69) is 18.8 Å². The van der Waals surface area contributed by atoms with Crippen LogP contribution in [0.1, 0.15) is 38.4 Å². The van der Waals surface area contributed by atoms with Crippen molar-refractivity contribution in [2.45, 2.75) is 32.8 Å². The molecule has 2 atom stereocenters. The summed E-state index contributed by atoms with van der Waals surface area (Å²) in [4.78, 5) is 3.99. The Labute approximate surface area is 79.6 Å². The van der Waals surface area contributed by atoms with Crippen LogP contribution in [-0.4, -0.2) is 10.1 Å². The number of aliphatic hydroxyl groups excluding tert-OH is 1. The molecule has 0 aliphatic rings. The van der Waals surface area contributed by atoms with Crippen LogP contribution in [0.4, 0.5) is 0 Å². The maximum Gasteiger partial charge on any atom is 0.0830 e. The van der Waals surface area contributed by atoms with Crippen molar-refractivity contribution in [1.82, 2.24) is 4.98 Å². The molecule has 1 aromatic heterocycles. The highest BCUT2D eigenvalue weighted by molar-refractivity contribution is 5.12. The van der Waals surface area contributed by atoms with Gasteiger partial charge in [0, 0.05) is 12.4 Å². The molecule has 72 valence electrons. The van der Waals surface area contributed by atoms with Crippen molar-refractivity contribution >= 4 is 0 Å². The van der Waals surface area contributed by atoms with Crippen LogP contribution in [-0.2, 0) is 0 Å². The molecule has 0 radical (unpaired) electrons. The van der Waals surface area contributed by atoms with Gasteiger partial charge in [-0.05, 0) is 24.0 Å². The van der Waals surface area contributed by atoms with Gasteiger partial charge in [0.25, 0.3) is 0 Å². The van der Waals surface area contributed by atoms with Crippen LogP contribution >= 0.6 is 0 Å². The molecule has 0 bridgehead atoms. The third-order valence-corrected chi connectivity index (χ3v) is 2.31. The highest BCUT2D eigenvalue weighted by atomic mass is 16.3. The first-order valence-corrected chi connectivity index (χ1v) is 4.83. The van der Waals surface area contributed by atoms with Gasteiger partial charge in [-0.25, -0.2) is 0 Å². The summed E-state index contributed by atoms with van der Waals surface area (Å²) >= 11 is 0. The lowest BCUT2D eigenvalue weighted by Gasteiger charge is -2.17. The predicted octanol–water partition coefficient (Wildman–Crippen LogP) is 2.55. The maximum absolute atomic E-state index is 9.88. The highest BCUT2D eigenvalue weighted by Gasteiger charge is 2.14. The van der Waals surface area contributed by atoms with Crippen molar-refractivity contribution in [3.8, 4) is 0 Å². The Morgan fingerprint density at radius 3 is 2.85 bits per heavy atom. The summed E-state index contributed by atoms with van der Waals surface area (Å²) in [6.45, 7) is 4.20. The van der Waals surface area contributed by atoms with Crippen molar-refractivity contribution in [3.63, 3.8) is 0 Å². The smallest absolute Gasteiger partial charge is 0.0830 e.